The van der Waals surface area contributed by atoms with E-state index in [9.17, 15) is 14.9 Å². The van der Waals surface area contributed by atoms with Crippen molar-refractivity contribution in [3.05, 3.63) is 49.1 Å². The first-order valence-corrected chi connectivity index (χ1v) is 6.73. The molecule has 0 aliphatic carbocycles. The van der Waals surface area contributed by atoms with Crippen molar-refractivity contribution in [2.75, 3.05) is 0 Å². The highest BCUT2D eigenvalue weighted by molar-refractivity contribution is 5.33. The molecular formula is C14H14N4O3. The van der Waals surface area contributed by atoms with E-state index >= 15 is 0 Å². The Morgan fingerprint density at radius 3 is 2.76 bits per heavy atom. The zero-order valence-corrected chi connectivity index (χ0v) is 11.8. The maximum Gasteiger partial charge on any atom is 0.331 e. The number of aromatic nitrogens is 3. The average Bonchev–Trinajstić information content (AvgIpc) is 3.05. The summed E-state index contributed by atoms with van der Waals surface area (Å²) < 4.78 is 7.68. The second-order valence-electron chi connectivity index (χ2n) is 5.17. The molecule has 0 fully saturated rings. The fourth-order valence-corrected chi connectivity index (χ4v) is 2.77. The third kappa shape index (κ3) is 1.91. The zero-order valence-electron chi connectivity index (χ0n) is 11.8. The molecule has 2 aromatic rings. The molecule has 0 bridgehead atoms. The average molecular weight is 286 g/mol. The van der Waals surface area contributed by atoms with Gasteiger partial charge in [-0.15, -0.1) is 0 Å². The summed E-state index contributed by atoms with van der Waals surface area (Å²) in [5.74, 6) is 0.572. The van der Waals surface area contributed by atoms with E-state index in [2.05, 4.69) is 5.16 Å². The first-order valence-electron chi connectivity index (χ1n) is 6.73. The lowest BCUT2D eigenvalue weighted by Crippen LogP contribution is -2.42. The standard InChI is InChI=1S/C14H14N4O3/c1-8-11(9(2)21-16-8)7-18-13(19)10(6-15)12-4-3-5-17(12)14(18)20/h3-5,7H2,1-2H3. The summed E-state index contributed by atoms with van der Waals surface area (Å²) in [4.78, 5) is 24.9. The molecular weight excluding hydrogens is 272 g/mol. The van der Waals surface area contributed by atoms with Crippen LogP contribution in [0.1, 0.15) is 34.7 Å². The molecule has 0 atom stereocenters. The summed E-state index contributed by atoms with van der Waals surface area (Å²) in [6, 6.07) is 1.94. The second kappa shape index (κ2) is 4.74. The molecule has 3 rings (SSSR count). The quantitative estimate of drug-likeness (QED) is 0.800. The van der Waals surface area contributed by atoms with Crippen LogP contribution in [-0.2, 0) is 19.5 Å². The second-order valence-corrected chi connectivity index (χ2v) is 5.17. The number of nitriles is 1. The molecule has 0 radical (unpaired) electrons. The van der Waals surface area contributed by atoms with Crippen LogP contribution < -0.4 is 11.2 Å². The third-order valence-corrected chi connectivity index (χ3v) is 3.94. The fourth-order valence-electron chi connectivity index (χ4n) is 2.77. The molecule has 7 nitrogen and oxygen atoms in total. The van der Waals surface area contributed by atoms with E-state index < -0.39 is 5.56 Å². The van der Waals surface area contributed by atoms with E-state index in [4.69, 9.17) is 4.52 Å². The minimum Gasteiger partial charge on any atom is -0.361 e. The summed E-state index contributed by atoms with van der Waals surface area (Å²) in [6.07, 6.45) is 1.37. The maximum absolute atomic E-state index is 12.5. The van der Waals surface area contributed by atoms with Gasteiger partial charge in [0.1, 0.15) is 17.4 Å². The van der Waals surface area contributed by atoms with E-state index in [0.29, 0.717) is 35.7 Å². The zero-order chi connectivity index (χ0) is 15.1. The van der Waals surface area contributed by atoms with Crippen molar-refractivity contribution < 1.29 is 4.52 Å². The molecule has 0 saturated carbocycles. The minimum absolute atomic E-state index is 0.0684. The van der Waals surface area contributed by atoms with E-state index in [-0.39, 0.29) is 17.8 Å². The maximum atomic E-state index is 12.5. The van der Waals surface area contributed by atoms with Gasteiger partial charge in [0, 0.05) is 17.8 Å². The topological polar surface area (TPSA) is 93.8 Å². The molecule has 0 amide bonds. The molecule has 1 aliphatic rings. The van der Waals surface area contributed by atoms with Crippen molar-refractivity contribution in [3.63, 3.8) is 0 Å². The minimum atomic E-state index is -0.532. The van der Waals surface area contributed by atoms with Gasteiger partial charge < -0.3 is 4.52 Å². The van der Waals surface area contributed by atoms with Crippen molar-refractivity contribution in [2.24, 2.45) is 0 Å². The summed E-state index contributed by atoms with van der Waals surface area (Å²) in [5.41, 5.74) is 1.07. The third-order valence-electron chi connectivity index (χ3n) is 3.94. The summed E-state index contributed by atoms with van der Waals surface area (Å²) in [6.45, 7) is 4.11. The van der Waals surface area contributed by atoms with Crippen LogP contribution in [0, 0.1) is 25.2 Å². The normalized spacial score (nSPS) is 13.2. The van der Waals surface area contributed by atoms with Crippen LogP contribution in [0.2, 0.25) is 0 Å². The highest BCUT2D eigenvalue weighted by Crippen LogP contribution is 2.15. The Kier molecular flexibility index (Phi) is 3.01. The molecule has 21 heavy (non-hydrogen) atoms. The van der Waals surface area contributed by atoms with Crippen LogP contribution in [0.5, 0.6) is 0 Å². The Morgan fingerprint density at radius 2 is 2.14 bits per heavy atom. The van der Waals surface area contributed by atoms with Crippen molar-refractivity contribution in [3.8, 4) is 6.07 Å². The molecule has 2 aromatic heterocycles. The first-order chi connectivity index (χ1) is 10.0. The molecule has 0 unspecified atom stereocenters. The van der Waals surface area contributed by atoms with Crippen LogP contribution in [0.3, 0.4) is 0 Å². The van der Waals surface area contributed by atoms with Gasteiger partial charge in [0.2, 0.25) is 0 Å². The Labute approximate surface area is 120 Å². The van der Waals surface area contributed by atoms with E-state index in [1.807, 2.05) is 6.07 Å². The Morgan fingerprint density at radius 1 is 1.38 bits per heavy atom. The molecule has 0 aromatic carbocycles. The van der Waals surface area contributed by atoms with E-state index in [1.54, 1.807) is 13.8 Å². The number of nitrogens with zero attached hydrogens (tertiary/aromatic N) is 4. The molecule has 0 N–H and O–H groups in total. The number of hydrogen-bond acceptors (Lipinski definition) is 5. The molecule has 7 heteroatoms. The van der Waals surface area contributed by atoms with Crippen LogP contribution in [0.25, 0.3) is 0 Å². The van der Waals surface area contributed by atoms with Crippen LogP contribution in [0.4, 0.5) is 0 Å². The van der Waals surface area contributed by atoms with E-state index in [0.717, 1.165) is 11.0 Å². The van der Waals surface area contributed by atoms with Gasteiger partial charge in [-0.25, -0.2) is 4.79 Å². The number of hydrogen-bond donors (Lipinski definition) is 0. The van der Waals surface area contributed by atoms with Gasteiger partial charge >= 0.3 is 5.69 Å². The van der Waals surface area contributed by atoms with Gasteiger partial charge in [-0.2, -0.15) is 5.26 Å². The highest BCUT2D eigenvalue weighted by Gasteiger charge is 2.23. The van der Waals surface area contributed by atoms with Crippen LogP contribution >= 0.6 is 0 Å². The number of aryl methyl sites for hydroxylation is 2. The van der Waals surface area contributed by atoms with Gasteiger partial charge in [0.15, 0.2) is 0 Å². The lowest BCUT2D eigenvalue weighted by molar-refractivity contribution is 0.391. The Balaban J connectivity index is 2.23. The fraction of sp³-hybridized carbons (Fsp3) is 0.429. The lowest BCUT2D eigenvalue weighted by Gasteiger charge is -2.10. The summed E-state index contributed by atoms with van der Waals surface area (Å²) in [5, 5.41) is 13.0. The Bertz CT molecular complexity index is 860. The SMILES string of the molecule is Cc1noc(C)c1Cn1c(=O)c(C#N)c2n(c1=O)CCC2. The van der Waals surface area contributed by atoms with Crippen LogP contribution in [-0.4, -0.2) is 14.3 Å². The Hall–Kier alpha value is -2.62. The molecule has 108 valence electrons. The van der Waals surface area contributed by atoms with Crippen LogP contribution in [0.15, 0.2) is 14.1 Å². The number of fused-ring (bicyclic) bond motifs is 1. The largest absolute Gasteiger partial charge is 0.361 e. The van der Waals surface area contributed by atoms with Gasteiger partial charge in [0.05, 0.1) is 12.2 Å². The summed E-state index contributed by atoms with van der Waals surface area (Å²) >= 11 is 0. The first kappa shape index (κ1) is 13.4. The van der Waals surface area contributed by atoms with Crippen molar-refractivity contribution in [2.45, 2.75) is 39.8 Å². The van der Waals surface area contributed by atoms with Gasteiger partial charge in [-0.1, -0.05) is 5.16 Å². The summed E-state index contributed by atoms with van der Waals surface area (Å²) in [7, 11) is 0. The van der Waals surface area contributed by atoms with Crippen molar-refractivity contribution in [1.29, 1.82) is 5.26 Å². The predicted octanol–water partition coefficient (Wildman–Crippen LogP) is 0.481. The van der Waals surface area contributed by atoms with Crippen molar-refractivity contribution in [1.82, 2.24) is 14.3 Å². The highest BCUT2D eigenvalue weighted by atomic mass is 16.5. The van der Waals surface area contributed by atoms with Gasteiger partial charge in [-0.05, 0) is 26.7 Å². The molecule has 0 spiro atoms. The smallest absolute Gasteiger partial charge is 0.331 e. The van der Waals surface area contributed by atoms with E-state index in [1.165, 1.54) is 4.57 Å². The lowest BCUT2D eigenvalue weighted by atomic mass is 10.2. The van der Waals surface area contributed by atoms with Crippen molar-refractivity contribution >= 4 is 0 Å². The molecule has 1 aliphatic heterocycles. The number of rotatable bonds is 2. The molecule has 0 saturated heterocycles. The molecule has 3 heterocycles. The predicted molar refractivity (Wildman–Crippen MR) is 73.1 cm³/mol. The van der Waals surface area contributed by atoms with Gasteiger partial charge in [0.25, 0.3) is 5.56 Å². The monoisotopic (exact) mass is 286 g/mol. The van der Waals surface area contributed by atoms with Gasteiger partial charge in [-0.3, -0.25) is 13.9 Å².